The number of benzene rings is 1. The summed E-state index contributed by atoms with van der Waals surface area (Å²) in [4.78, 5) is 0. The molecule has 0 radical (unpaired) electrons. The fraction of sp³-hybridized carbons (Fsp3) is 0.571. The van der Waals surface area contributed by atoms with Crippen molar-refractivity contribution in [2.45, 2.75) is 30.7 Å². The summed E-state index contributed by atoms with van der Waals surface area (Å²) in [5.41, 5.74) is 1.58. The van der Waals surface area contributed by atoms with Crippen LogP contribution in [-0.4, -0.2) is 30.8 Å². The van der Waals surface area contributed by atoms with Crippen LogP contribution in [0.15, 0.2) is 24.3 Å². The van der Waals surface area contributed by atoms with Gasteiger partial charge in [0.15, 0.2) is 0 Å². The van der Waals surface area contributed by atoms with Crippen LogP contribution in [0.25, 0.3) is 0 Å². The first-order valence-corrected chi connectivity index (χ1v) is 6.52. The molecule has 1 aliphatic carbocycles. The number of hydrogen-bond acceptors (Lipinski definition) is 3. The number of nitrogens with one attached hydrogen (secondary N) is 2. The highest BCUT2D eigenvalue weighted by Crippen LogP contribution is 2.48. The van der Waals surface area contributed by atoms with Crippen LogP contribution in [0.1, 0.15) is 24.8 Å². The third-order valence-corrected chi connectivity index (χ3v) is 4.10. The predicted octanol–water partition coefficient (Wildman–Crippen LogP) is 1.38. The van der Waals surface area contributed by atoms with Crippen molar-refractivity contribution in [1.82, 2.24) is 10.6 Å². The van der Waals surface area contributed by atoms with Crippen molar-refractivity contribution in [3.05, 3.63) is 29.8 Å². The highest BCUT2D eigenvalue weighted by Gasteiger charge is 2.44. The summed E-state index contributed by atoms with van der Waals surface area (Å²) in [5, 5.41) is 16.6. The summed E-state index contributed by atoms with van der Waals surface area (Å²) in [5.74, 6) is 0.385. The van der Waals surface area contributed by atoms with Gasteiger partial charge in [-0.15, -0.1) is 0 Å². The predicted molar refractivity (Wildman–Crippen MR) is 68.3 cm³/mol. The maximum atomic E-state index is 9.55. The van der Waals surface area contributed by atoms with E-state index in [9.17, 15) is 5.11 Å². The number of hydrogen-bond donors (Lipinski definition) is 3. The van der Waals surface area contributed by atoms with Gasteiger partial charge in [-0.1, -0.05) is 12.1 Å². The van der Waals surface area contributed by atoms with Crippen LogP contribution in [0.4, 0.5) is 0 Å². The Morgan fingerprint density at radius 3 is 2.94 bits per heavy atom. The molecular formula is C14H20N2O. The molecule has 1 saturated heterocycles. The van der Waals surface area contributed by atoms with E-state index in [0.717, 1.165) is 19.6 Å². The smallest absolute Gasteiger partial charge is 0.115 e. The molecule has 1 aromatic rings. The number of phenolic OH excluding ortho intramolecular Hbond substituents is 1. The molecule has 1 atom stereocenters. The maximum Gasteiger partial charge on any atom is 0.115 e. The van der Waals surface area contributed by atoms with Gasteiger partial charge in [0.25, 0.3) is 0 Å². The minimum Gasteiger partial charge on any atom is -0.508 e. The molecule has 1 unspecified atom stereocenters. The quantitative estimate of drug-likeness (QED) is 0.735. The molecule has 3 N–H and O–H groups in total. The van der Waals surface area contributed by atoms with Crippen molar-refractivity contribution in [3.8, 4) is 5.75 Å². The van der Waals surface area contributed by atoms with Crippen LogP contribution in [0.5, 0.6) is 5.75 Å². The maximum absolute atomic E-state index is 9.55. The molecule has 2 fully saturated rings. The molecule has 1 aliphatic heterocycles. The third kappa shape index (κ3) is 2.31. The SMILES string of the molecule is Oc1cccc(C2(CNC3CCNC3)CC2)c1. The van der Waals surface area contributed by atoms with E-state index >= 15 is 0 Å². The van der Waals surface area contributed by atoms with Gasteiger partial charge >= 0.3 is 0 Å². The van der Waals surface area contributed by atoms with E-state index < -0.39 is 0 Å². The normalized spacial score (nSPS) is 26.0. The summed E-state index contributed by atoms with van der Waals surface area (Å²) < 4.78 is 0. The summed E-state index contributed by atoms with van der Waals surface area (Å²) in [6.07, 6.45) is 3.71. The van der Waals surface area contributed by atoms with Gasteiger partial charge in [-0.05, 0) is 43.5 Å². The molecule has 0 spiro atoms. The second-order valence-corrected chi connectivity index (χ2v) is 5.40. The molecule has 3 nitrogen and oxygen atoms in total. The van der Waals surface area contributed by atoms with Crippen molar-refractivity contribution in [3.63, 3.8) is 0 Å². The molecule has 2 aliphatic rings. The Hall–Kier alpha value is -1.06. The summed E-state index contributed by atoms with van der Waals surface area (Å²) in [6.45, 7) is 3.27. The van der Waals surface area contributed by atoms with Crippen molar-refractivity contribution < 1.29 is 5.11 Å². The van der Waals surface area contributed by atoms with Crippen LogP contribution in [0.2, 0.25) is 0 Å². The highest BCUT2D eigenvalue weighted by atomic mass is 16.3. The fourth-order valence-electron chi connectivity index (χ4n) is 2.72. The molecule has 0 amide bonds. The zero-order valence-electron chi connectivity index (χ0n) is 10.1. The van der Waals surface area contributed by atoms with E-state index in [-0.39, 0.29) is 0 Å². The van der Waals surface area contributed by atoms with E-state index in [1.54, 1.807) is 6.07 Å². The summed E-state index contributed by atoms with van der Waals surface area (Å²) >= 11 is 0. The molecule has 3 heteroatoms. The zero-order valence-corrected chi connectivity index (χ0v) is 10.1. The number of aromatic hydroxyl groups is 1. The minimum absolute atomic E-state index is 0.293. The molecule has 1 aromatic carbocycles. The van der Waals surface area contributed by atoms with Crippen LogP contribution >= 0.6 is 0 Å². The highest BCUT2D eigenvalue weighted by molar-refractivity contribution is 5.37. The van der Waals surface area contributed by atoms with Crippen molar-refractivity contribution in [2.24, 2.45) is 0 Å². The Morgan fingerprint density at radius 1 is 1.41 bits per heavy atom. The van der Waals surface area contributed by atoms with Crippen molar-refractivity contribution in [2.75, 3.05) is 19.6 Å². The Kier molecular flexibility index (Phi) is 2.81. The topological polar surface area (TPSA) is 44.3 Å². The first-order chi connectivity index (χ1) is 8.28. The fourth-order valence-corrected chi connectivity index (χ4v) is 2.72. The van der Waals surface area contributed by atoms with Crippen LogP contribution < -0.4 is 10.6 Å². The van der Waals surface area contributed by atoms with Crippen LogP contribution in [0.3, 0.4) is 0 Å². The number of phenols is 1. The van der Waals surface area contributed by atoms with E-state index in [1.165, 1.54) is 24.8 Å². The van der Waals surface area contributed by atoms with Gasteiger partial charge in [-0.2, -0.15) is 0 Å². The second kappa shape index (κ2) is 4.31. The van der Waals surface area contributed by atoms with E-state index in [0.29, 0.717) is 17.2 Å². The van der Waals surface area contributed by atoms with Gasteiger partial charge in [0.1, 0.15) is 5.75 Å². The molecule has 1 heterocycles. The largest absolute Gasteiger partial charge is 0.508 e. The Bertz CT molecular complexity index is 395. The van der Waals surface area contributed by atoms with Gasteiger partial charge in [0.2, 0.25) is 0 Å². The van der Waals surface area contributed by atoms with Gasteiger partial charge < -0.3 is 15.7 Å². The molecule has 0 aromatic heterocycles. The second-order valence-electron chi connectivity index (χ2n) is 5.40. The minimum atomic E-state index is 0.293. The molecule has 0 bridgehead atoms. The molecule has 1 saturated carbocycles. The van der Waals surface area contributed by atoms with E-state index in [1.807, 2.05) is 12.1 Å². The summed E-state index contributed by atoms with van der Waals surface area (Å²) in [6, 6.07) is 8.38. The lowest BCUT2D eigenvalue weighted by atomic mass is 9.95. The zero-order chi connectivity index (χ0) is 11.7. The van der Waals surface area contributed by atoms with Crippen LogP contribution in [0, 0.1) is 0 Å². The summed E-state index contributed by atoms with van der Waals surface area (Å²) in [7, 11) is 0. The molecule has 92 valence electrons. The Labute approximate surface area is 102 Å². The van der Waals surface area contributed by atoms with Gasteiger partial charge in [-0.3, -0.25) is 0 Å². The van der Waals surface area contributed by atoms with Crippen molar-refractivity contribution in [1.29, 1.82) is 0 Å². The van der Waals surface area contributed by atoms with Gasteiger partial charge in [0, 0.05) is 24.5 Å². The Balaban J connectivity index is 1.65. The molecule has 17 heavy (non-hydrogen) atoms. The first-order valence-electron chi connectivity index (χ1n) is 6.52. The average Bonchev–Trinajstić information content (AvgIpc) is 2.95. The monoisotopic (exact) mass is 232 g/mol. The Morgan fingerprint density at radius 2 is 2.29 bits per heavy atom. The van der Waals surface area contributed by atoms with Gasteiger partial charge in [0.05, 0.1) is 0 Å². The average molecular weight is 232 g/mol. The lowest BCUT2D eigenvalue weighted by molar-refractivity contribution is 0.468. The first kappa shape index (κ1) is 11.1. The van der Waals surface area contributed by atoms with Crippen LogP contribution in [-0.2, 0) is 5.41 Å². The molecule has 3 rings (SSSR count). The lowest BCUT2D eigenvalue weighted by Gasteiger charge is -2.19. The molecular weight excluding hydrogens is 212 g/mol. The van der Waals surface area contributed by atoms with Crippen molar-refractivity contribution >= 4 is 0 Å². The number of rotatable bonds is 4. The van der Waals surface area contributed by atoms with E-state index in [4.69, 9.17) is 0 Å². The van der Waals surface area contributed by atoms with Gasteiger partial charge in [-0.25, -0.2) is 0 Å². The third-order valence-electron chi connectivity index (χ3n) is 4.10. The standard InChI is InChI=1S/C14H20N2O/c17-13-3-1-2-11(8-13)14(5-6-14)10-16-12-4-7-15-9-12/h1-3,8,12,15-17H,4-7,9-10H2. The van der Waals surface area contributed by atoms with E-state index in [2.05, 4.69) is 16.7 Å². The lowest BCUT2D eigenvalue weighted by Crippen LogP contribution is -2.36.